The first-order valence-electron chi connectivity index (χ1n) is 5.38. The number of rotatable bonds is 4. The van der Waals surface area contributed by atoms with E-state index in [-0.39, 0.29) is 5.91 Å². The summed E-state index contributed by atoms with van der Waals surface area (Å²) in [6, 6.07) is 5.46. The zero-order valence-corrected chi connectivity index (χ0v) is 12.6. The van der Waals surface area contributed by atoms with Gasteiger partial charge in [-0.3, -0.25) is 4.79 Å². The van der Waals surface area contributed by atoms with Gasteiger partial charge in [-0.25, -0.2) is 4.98 Å². The van der Waals surface area contributed by atoms with Crippen molar-refractivity contribution in [2.45, 2.75) is 6.42 Å². The van der Waals surface area contributed by atoms with E-state index in [9.17, 15) is 4.79 Å². The molecule has 4 nitrogen and oxygen atoms in total. The van der Waals surface area contributed by atoms with E-state index in [1.165, 1.54) is 0 Å². The van der Waals surface area contributed by atoms with Crippen LogP contribution < -0.4 is 5.32 Å². The lowest BCUT2D eigenvalue weighted by Crippen LogP contribution is -2.26. The molecule has 1 aromatic heterocycles. The van der Waals surface area contributed by atoms with Gasteiger partial charge in [-0.05, 0) is 34.1 Å². The highest BCUT2D eigenvalue weighted by molar-refractivity contribution is 9.11. The Morgan fingerprint density at radius 3 is 2.89 bits per heavy atom. The summed E-state index contributed by atoms with van der Waals surface area (Å²) in [4.78, 5) is 19.0. The van der Waals surface area contributed by atoms with Gasteiger partial charge in [0.1, 0.15) is 5.82 Å². The Morgan fingerprint density at radius 2 is 2.22 bits per heavy atom. The predicted octanol–water partition coefficient (Wildman–Crippen LogP) is 2.91. The third-order valence-corrected chi connectivity index (χ3v) is 3.53. The number of nitrogens with zero attached hydrogens (tertiary/aromatic N) is 1. The molecule has 0 radical (unpaired) electrons. The predicted molar refractivity (Wildman–Crippen MR) is 76.5 cm³/mol. The molecule has 2 N–H and O–H groups in total. The van der Waals surface area contributed by atoms with Crippen molar-refractivity contribution in [2.24, 2.45) is 0 Å². The van der Waals surface area contributed by atoms with E-state index in [1.54, 1.807) is 18.5 Å². The van der Waals surface area contributed by atoms with Gasteiger partial charge in [-0.15, -0.1) is 0 Å². The summed E-state index contributed by atoms with van der Waals surface area (Å²) in [6.45, 7) is 0.550. The maximum Gasteiger partial charge on any atom is 0.252 e. The molecule has 0 unspecified atom stereocenters. The van der Waals surface area contributed by atoms with Gasteiger partial charge in [0.05, 0.1) is 5.56 Å². The minimum Gasteiger partial charge on any atom is -0.352 e. The fourth-order valence-electron chi connectivity index (χ4n) is 1.50. The zero-order chi connectivity index (χ0) is 13.0. The number of hydrogen-bond donors (Lipinski definition) is 2. The second-order valence-corrected chi connectivity index (χ2v) is 5.44. The number of H-pyrrole nitrogens is 1. The molecule has 1 heterocycles. The Kier molecular flexibility index (Phi) is 4.54. The van der Waals surface area contributed by atoms with Crippen LogP contribution in [0.5, 0.6) is 0 Å². The Hall–Kier alpha value is -1.14. The standard InChI is InChI=1S/C12H11Br2N3O/c13-8-1-2-9(10(14)7-8)12(18)17-4-3-11-15-5-6-16-11/h1-2,5-7H,3-4H2,(H,15,16)(H,17,18). The van der Waals surface area contributed by atoms with Crippen LogP contribution in [0.25, 0.3) is 0 Å². The van der Waals surface area contributed by atoms with Gasteiger partial charge in [-0.2, -0.15) is 0 Å². The Balaban J connectivity index is 1.91. The van der Waals surface area contributed by atoms with E-state index in [1.807, 2.05) is 12.1 Å². The van der Waals surface area contributed by atoms with Crippen molar-refractivity contribution in [1.29, 1.82) is 0 Å². The Morgan fingerprint density at radius 1 is 1.39 bits per heavy atom. The number of aromatic amines is 1. The highest BCUT2D eigenvalue weighted by atomic mass is 79.9. The van der Waals surface area contributed by atoms with Gasteiger partial charge in [-0.1, -0.05) is 15.9 Å². The van der Waals surface area contributed by atoms with E-state index < -0.39 is 0 Å². The molecule has 0 aliphatic carbocycles. The minimum atomic E-state index is -0.0964. The van der Waals surface area contributed by atoms with Gasteiger partial charge >= 0.3 is 0 Å². The van der Waals surface area contributed by atoms with Crippen LogP contribution in [0, 0.1) is 0 Å². The SMILES string of the molecule is O=C(NCCc1ncc[nH]1)c1ccc(Br)cc1Br. The highest BCUT2D eigenvalue weighted by Crippen LogP contribution is 2.21. The quantitative estimate of drug-likeness (QED) is 0.866. The first-order chi connectivity index (χ1) is 8.66. The summed E-state index contributed by atoms with van der Waals surface area (Å²) < 4.78 is 1.70. The lowest BCUT2D eigenvalue weighted by Gasteiger charge is -2.06. The van der Waals surface area contributed by atoms with Crippen LogP contribution >= 0.6 is 31.9 Å². The second kappa shape index (κ2) is 6.15. The number of carbonyl (C=O) groups excluding carboxylic acids is 1. The fraction of sp³-hybridized carbons (Fsp3) is 0.167. The smallest absolute Gasteiger partial charge is 0.252 e. The summed E-state index contributed by atoms with van der Waals surface area (Å²) in [7, 11) is 0. The fourth-order valence-corrected chi connectivity index (χ4v) is 2.73. The monoisotopic (exact) mass is 371 g/mol. The molecule has 0 bridgehead atoms. The number of aromatic nitrogens is 2. The average Bonchev–Trinajstić information content (AvgIpc) is 2.81. The molecule has 0 aliphatic rings. The van der Waals surface area contributed by atoms with Crippen molar-refractivity contribution in [3.63, 3.8) is 0 Å². The summed E-state index contributed by atoms with van der Waals surface area (Å²) in [6.07, 6.45) is 4.15. The van der Waals surface area contributed by atoms with Crippen LogP contribution in [-0.2, 0) is 6.42 Å². The van der Waals surface area contributed by atoms with Crippen molar-refractivity contribution in [2.75, 3.05) is 6.54 Å². The number of carbonyl (C=O) groups is 1. The molecule has 6 heteroatoms. The number of imidazole rings is 1. The van der Waals surface area contributed by atoms with Gasteiger partial charge in [0.15, 0.2) is 0 Å². The summed E-state index contributed by atoms with van der Waals surface area (Å²) in [5.74, 6) is 0.770. The Labute approximate surface area is 121 Å². The minimum absolute atomic E-state index is 0.0964. The van der Waals surface area contributed by atoms with Gasteiger partial charge in [0, 0.05) is 34.3 Å². The topological polar surface area (TPSA) is 57.8 Å². The van der Waals surface area contributed by atoms with E-state index in [0.717, 1.165) is 14.8 Å². The summed E-state index contributed by atoms with van der Waals surface area (Å²) >= 11 is 6.72. The summed E-state index contributed by atoms with van der Waals surface area (Å²) in [5, 5.41) is 2.85. The number of benzene rings is 1. The lowest BCUT2D eigenvalue weighted by molar-refractivity contribution is 0.0953. The van der Waals surface area contributed by atoms with Crippen molar-refractivity contribution in [3.05, 3.63) is 50.9 Å². The maximum atomic E-state index is 11.9. The number of amides is 1. The molecule has 94 valence electrons. The van der Waals surface area contributed by atoms with Gasteiger partial charge < -0.3 is 10.3 Å². The highest BCUT2D eigenvalue weighted by Gasteiger charge is 2.09. The molecule has 0 atom stereocenters. The summed E-state index contributed by atoms with van der Waals surface area (Å²) in [5.41, 5.74) is 0.623. The molecule has 0 aliphatic heterocycles. The third kappa shape index (κ3) is 3.43. The van der Waals surface area contributed by atoms with E-state index >= 15 is 0 Å². The first kappa shape index (κ1) is 13.3. The molecule has 0 spiro atoms. The molecule has 0 saturated carbocycles. The van der Waals surface area contributed by atoms with Crippen LogP contribution in [0.15, 0.2) is 39.5 Å². The van der Waals surface area contributed by atoms with E-state index in [4.69, 9.17) is 0 Å². The molecular weight excluding hydrogens is 362 g/mol. The molecule has 0 saturated heterocycles. The van der Waals surface area contributed by atoms with Crippen molar-refractivity contribution in [3.8, 4) is 0 Å². The van der Waals surface area contributed by atoms with Crippen molar-refractivity contribution >= 4 is 37.8 Å². The van der Waals surface area contributed by atoms with Crippen LogP contribution in [0.2, 0.25) is 0 Å². The second-order valence-electron chi connectivity index (χ2n) is 3.67. The van der Waals surface area contributed by atoms with Crippen LogP contribution in [0.1, 0.15) is 16.2 Å². The van der Waals surface area contributed by atoms with Crippen LogP contribution in [-0.4, -0.2) is 22.4 Å². The molecule has 1 amide bonds. The van der Waals surface area contributed by atoms with Crippen LogP contribution in [0.4, 0.5) is 0 Å². The maximum absolute atomic E-state index is 11.9. The van der Waals surface area contributed by atoms with Crippen LogP contribution in [0.3, 0.4) is 0 Å². The molecule has 2 rings (SSSR count). The Bertz CT molecular complexity index is 540. The average molecular weight is 373 g/mol. The van der Waals surface area contributed by atoms with E-state index in [0.29, 0.717) is 18.5 Å². The molecule has 18 heavy (non-hydrogen) atoms. The third-order valence-electron chi connectivity index (χ3n) is 2.38. The number of hydrogen-bond acceptors (Lipinski definition) is 2. The zero-order valence-electron chi connectivity index (χ0n) is 9.41. The molecule has 2 aromatic rings. The largest absolute Gasteiger partial charge is 0.352 e. The molecule has 0 fully saturated rings. The van der Waals surface area contributed by atoms with E-state index in [2.05, 4.69) is 47.1 Å². The normalized spacial score (nSPS) is 10.3. The lowest BCUT2D eigenvalue weighted by atomic mass is 10.2. The van der Waals surface area contributed by atoms with Crippen molar-refractivity contribution < 1.29 is 4.79 Å². The van der Waals surface area contributed by atoms with Crippen molar-refractivity contribution in [1.82, 2.24) is 15.3 Å². The number of nitrogens with one attached hydrogen (secondary N) is 2. The number of halogens is 2. The molecular formula is C12H11Br2N3O. The molecule has 1 aromatic carbocycles. The first-order valence-corrected chi connectivity index (χ1v) is 6.97. The van der Waals surface area contributed by atoms with Gasteiger partial charge in [0.2, 0.25) is 0 Å². The van der Waals surface area contributed by atoms with Gasteiger partial charge in [0.25, 0.3) is 5.91 Å².